The number of rotatable bonds is 8. The summed E-state index contributed by atoms with van der Waals surface area (Å²) >= 11 is 0. The molecule has 0 saturated heterocycles. The molecule has 36 heavy (non-hydrogen) atoms. The monoisotopic (exact) mass is 482 g/mol. The first-order valence-corrected chi connectivity index (χ1v) is 12.1. The van der Waals surface area contributed by atoms with E-state index in [2.05, 4.69) is 16.0 Å². The zero-order valence-corrected chi connectivity index (χ0v) is 20.3. The van der Waals surface area contributed by atoms with Crippen LogP contribution in [0.25, 0.3) is 0 Å². The third kappa shape index (κ3) is 5.67. The normalized spacial score (nSPS) is 14.3. The largest absolute Gasteiger partial charge is 0.493 e. The summed E-state index contributed by atoms with van der Waals surface area (Å²) in [5, 5.41) is 10.9. The Bertz CT molecular complexity index is 1280. The second-order valence-corrected chi connectivity index (χ2v) is 8.87. The number of aliphatic hydroxyl groups is 1. The highest BCUT2D eigenvalue weighted by Gasteiger charge is 2.19. The van der Waals surface area contributed by atoms with Crippen LogP contribution in [-0.4, -0.2) is 35.3 Å². The van der Waals surface area contributed by atoms with Crippen molar-refractivity contribution in [1.29, 1.82) is 0 Å². The molecule has 0 fully saturated rings. The summed E-state index contributed by atoms with van der Waals surface area (Å²) in [6.07, 6.45) is 2.68. The number of ether oxygens (including phenoxy) is 3. The first-order valence-electron chi connectivity index (χ1n) is 12.1. The number of methoxy groups -OCH3 is 1. The fourth-order valence-electron chi connectivity index (χ4n) is 4.43. The van der Waals surface area contributed by atoms with Gasteiger partial charge in [0, 0.05) is 37.6 Å². The van der Waals surface area contributed by atoms with Gasteiger partial charge in [0.05, 0.1) is 7.11 Å². The Hall–Kier alpha value is -3.87. The molecule has 4 aromatic rings. The van der Waals surface area contributed by atoms with Crippen LogP contribution in [0.2, 0.25) is 0 Å². The van der Waals surface area contributed by atoms with Crippen molar-refractivity contribution < 1.29 is 19.3 Å². The third-order valence-corrected chi connectivity index (χ3v) is 6.35. The molecule has 6 heteroatoms. The lowest BCUT2D eigenvalue weighted by atomic mass is 10.00. The van der Waals surface area contributed by atoms with Gasteiger partial charge in [-0.25, -0.2) is 0 Å². The minimum atomic E-state index is -0.706. The lowest BCUT2D eigenvalue weighted by Gasteiger charge is -2.21. The number of benzene rings is 3. The molecule has 0 spiro atoms. The first-order chi connectivity index (χ1) is 17.7. The van der Waals surface area contributed by atoms with Crippen LogP contribution in [0.15, 0.2) is 91.3 Å². The number of pyridine rings is 1. The van der Waals surface area contributed by atoms with Crippen molar-refractivity contribution in [2.45, 2.75) is 25.8 Å². The van der Waals surface area contributed by atoms with E-state index in [1.165, 1.54) is 0 Å². The molecule has 184 valence electrons. The molecule has 0 bridgehead atoms. The number of hydrogen-bond acceptors (Lipinski definition) is 6. The number of fused-ring (bicyclic) bond motifs is 1. The number of hydrogen-bond donors (Lipinski definition) is 1. The van der Waals surface area contributed by atoms with Crippen LogP contribution in [0, 0.1) is 0 Å². The SMILES string of the molecule is COc1cc(CN2CCOc3ccc([C@@H](O)c4ccncc4)cc3C2)ccc1OCc1ccccc1. The van der Waals surface area contributed by atoms with Crippen LogP contribution in [0.3, 0.4) is 0 Å². The van der Waals surface area contributed by atoms with Gasteiger partial charge in [-0.15, -0.1) is 0 Å². The van der Waals surface area contributed by atoms with Gasteiger partial charge in [0.1, 0.15) is 25.1 Å². The first kappa shape index (κ1) is 23.9. The highest BCUT2D eigenvalue weighted by molar-refractivity contribution is 5.44. The molecule has 6 nitrogen and oxygen atoms in total. The molecule has 1 atom stereocenters. The molecule has 3 aromatic carbocycles. The van der Waals surface area contributed by atoms with E-state index in [-0.39, 0.29) is 0 Å². The Balaban J connectivity index is 1.28. The maximum atomic E-state index is 10.9. The van der Waals surface area contributed by atoms with E-state index in [0.717, 1.165) is 64.7 Å². The van der Waals surface area contributed by atoms with Gasteiger partial charge in [0.15, 0.2) is 11.5 Å². The maximum Gasteiger partial charge on any atom is 0.161 e. The molecular formula is C30H30N2O4. The second kappa shape index (κ2) is 11.2. The highest BCUT2D eigenvalue weighted by atomic mass is 16.5. The Morgan fingerprint density at radius 3 is 2.56 bits per heavy atom. The molecule has 1 aromatic heterocycles. The fraction of sp³-hybridized carbons (Fsp3) is 0.233. The van der Waals surface area contributed by atoms with Crippen molar-refractivity contribution in [3.63, 3.8) is 0 Å². The molecule has 1 N–H and O–H groups in total. The summed E-state index contributed by atoms with van der Waals surface area (Å²) in [6, 6.07) is 25.8. The highest BCUT2D eigenvalue weighted by Crippen LogP contribution is 2.32. The van der Waals surface area contributed by atoms with Crippen LogP contribution >= 0.6 is 0 Å². The van der Waals surface area contributed by atoms with Crippen molar-refractivity contribution in [1.82, 2.24) is 9.88 Å². The fourth-order valence-corrected chi connectivity index (χ4v) is 4.43. The van der Waals surface area contributed by atoms with E-state index in [9.17, 15) is 5.11 Å². The molecule has 0 amide bonds. The summed E-state index contributed by atoms with van der Waals surface area (Å²) < 4.78 is 17.7. The molecule has 0 radical (unpaired) electrons. The van der Waals surface area contributed by atoms with E-state index >= 15 is 0 Å². The van der Waals surface area contributed by atoms with Crippen molar-refractivity contribution in [2.24, 2.45) is 0 Å². The predicted octanol–water partition coefficient (Wildman–Crippen LogP) is 5.15. The van der Waals surface area contributed by atoms with Crippen LogP contribution in [0.5, 0.6) is 17.2 Å². The number of nitrogens with zero attached hydrogens (tertiary/aromatic N) is 2. The van der Waals surface area contributed by atoms with Crippen molar-refractivity contribution in [2.75, 3.05) is 20.3 Å². The van der Waals surface area contributed by atoms with Crippen LogP contribution in [0.1, 0.15) is 33.9 Å². The molecule has 1 aliphatic heterocycles. The zero-order chi connectivity index (χ0) is 24.7. The van der Waals surface area contributed by atoms with Gasteiger partial charge in [-0.3, -0.25) is 9.88 Å². The average Bonchev–Trinajstić information content (AvgIpc) is 3.14. The molecule has 5 rings (SSSR count). The molecule has 2 heterocycles. The smallest absolute Gasteiger partial charge is 0.161 e. The number of aliphatic hydroxyl groups excluding tert-OH is 1. The lowest BCUT2D eigenvalue weighted by molar-refractivity contribution is 0.218. The van der Waals surface area contributed by atoms with E-state index in [0.29, 0.717) is 13.2 Å². The van der Waals surface area contributed by atoms with Crippen molar-refractivity contribution >= 4 is 0 Å². The topological polar surface area (TPSA) is 64.1 Å². The molecular weight excluding hydrogens is 452 g/mol. The van der Waals surface area contributed by atoms with E-state index in [1.54, 1.807) is 19.5 Å². The van der Waals surface area contributed by atoms with E-state index in [1.807, 2.05) is 72.8 Å². The summed E-state index contributed by atoms with van der Waals surface area (Å²) in [4.78, 5) is 6.38. The second-order valence-electron chi connectivity index (χ2n) is 8.87. The molecule has 0 aliphatic carbocycles. The molecule has 0 saturated carbocycles. The van der Waals surface area contributed by atoms with Crippen molar-refractivity contribution in [3.05, 3.63) is 119 Å². The summed E-state index contributed by atoms with van der Waals surface area (Å²) in [7, 11) is 1.67. The van der Waals surface area contributed by atoms with E-state index in [4.69, 9.17) is 14.2 Å². The minimum absolute atomic E-state index is 0.491. The van der Waals surface area contributed by atoms with Gasteiger partial charge >= 0.3 is 0 Å². The maximum absolute atomic E-state index is 10.9. The lowest BCUT2D eigenvalue weighted by Crippen LogP contribution is -2.25. The van der Waals surface area contributed by atoms with Gasteiger partial charge in [-0.1, -0.05) is 42.5 Å². The molecule has 1 aliphatic rings. The van der Waals surface area contributed by atoms with Crippen LogP contribution in [-0.2, 0) is 19.7 Å². The van der Waals surface area contributed by atoms with Gasteiger partial charge in [-0.2, -0.15) is 0 Å². The molecule has 0 unspecified atom stereocenters. The Morgan fingerprint density at radius 2 is 1.75 bits per heavy atom. The zero-order valence-electron chi connectivity index (χ0n) is 20.3. The summed E-state index contributed by atoms with van der Waals surface area (Å²) in [5.74, 6) is 2.31. The third-order valence-electron chi connectivity index (χ3n) is 6.35. The van der Waals surface area contributed by atoms with E-state index < -0.39 is 6.10 Å². The van der Waals surface area contributed by atoms with Gasteiger partial charge < -0.3 is 19.3 Å². The predicted molar refractivity (Wildman–Crippen MR) is 138 cm³/mol. The number of aromatic nitrogens is 1. The Kier molecular flexibility index (Phi) is 7.45. The van der Waals surface area contributed by atoms with Crippen molar-refractivity contribution in [3.8, 4) is 17.2 Å². The summed E-state index contributed by atoms with van der Waals surface area (Å²) in [6.45, 7) is 3.36. The Labute approximate surface area is 211 Å². The quantitative estimate of drug-likeness (QED) is 0.375. The van der Waals surface area contributed by atoms with Gasteiger partial charge in [0.2, 0.25) is 0 Å². The van der Waals surface area contributed by atoms with Gasteiger partial charge in [-0.05, 0) is 58.7 Å². The standard InChI is InChI=1S/C30H30N2O4/c1-34-29-17-23(7-9-28(29)36-21-22-5-3-2-4-6-22)19-32-15-16-35-27-10-8-25(18-26(27)20-32)30(33)24-11-13-31-14-12-24/h2-14,17-18,30,33H,15-16,19-21H2,1H3/t30-/m0/s1. The average molecular weight is 483 g/mol. The van der Waals surface area contributed by atoms with Crippen LogP contribution in [0.4, 0.5) is 0 Å². The Morgan fingerprint density at radius 1 is 0.917 bits per heavy atom. The van der Waals surface area contributed by atoms with Crippen LogP contribution < -0.4 is 14.2 Å². The van der Waals surface area contributed by atoms with Gasteiger partial charge in [0.25, 0.3) is 0 Å². The minimum Gasteiger partial charge on any atom is -0.493 e. The summed E-state index contributed by atoms with van der Waals surface area (Å²) in [5.41, 5.74) is 4.97.